The van der Waals surface area contributed by atoms with Crippen LogP contribution in [0.15, 0.2) is 57.6 Å². The second-order valence-electron chi connectivity index (χ2n) is 4.83. The number of hydrogen-bond acceptors (Lipinski definition) is 3. The van der Waals surface area contributed by atoms with Crippen molar-refractivity contribution < 1.29 is 9.21 Å². The quantitative estimate of drug-likeness (QED) is 0.769. The zero-order valence-corrected chi connectivity index (χ0v) is 13.5. The molecule has 2 aromatic heterocycles. The molecule has 0 aliphatic heterocycles. The van der Waals surface area contributed by atoms with Crippen LogP contribution < -0.4 is 5.32 Å². The maximum atomic E-state index is 12.1. The third-order valence-electron chi connectivity index (χ3n) is 3.20. The predicted molar refractivity (Wildman–Crippen MR) is 86.9 cm³/mol. The first-order chi connectivity index (χ1) is 10.6. The van der Waals surface area contributed by atoms with Gasteiger partial charge < -0.3 is 9.73 Å². The fourth-order valence-corrected chi connectivity index (χ4v) is 2.50. The monoisotopic (exact) mass is 359 g/mol. The number of hydrogen-bond donors (Lipinski definition) is 1. The van der Waals surface area contributed by atoms with Crippen LogP contribution in [-0.2, 0) is 6.54 Å². The molecule has 1 aromatic carbocycles. The summed E-state index contributed by atoms with van der Waals surface area (Å²) in [6.45, 7) is 2.36. The van der Waals surface area contributed by atoms with Gasteiger partial charge in [-0.3, -0.25) is 4.79 Å². The Kier molecular flexibility index (Phi) is 4.11. The van der Waals surface area contributed by atoms with Crippen LogP contribution in [0.2, 0.25) is 0 Å². The molecule has 5 nitrogen and oxygen atoms in total. The van der Waals surface area contributed by atoms with Crippen LogP contribution in [0.5, 0.6) is 0 Å². The van der Waals surface area contributed by atoms with E-state index in [9.17, 15) is 4.79 Å². The van der Waals surface area contributed by atoms with Gasteiger partial charge in [-0.05, 0) is 30.7 Å². The minimum Gasteiger partial charge on any atom is -0.456 e. The number of amides is 1. The molecule has 0 aliphatic carbocycles. The van der Waals surface area contributed by atoms with Crippen molar-refractivity contribution in [3.05, 3.63) is 70.2 Å². The number of benzene rings is 1. The van der Waals surface area contributed by atoms with E-state index in [1.54, 1.807) is 36.0 Å². The van der Waals surface area contributed by atoms with Crippen LogP contribution in [0, 0.1) is 6.92 Å². The standard InChI is InChI=1S/C16H14BrN3O2/c1-11-6-7-14(22-11)16(21)19-15-8-9-18-20(15)10-12-4-2-3-5-13(12)17/h2-9H,10H2,1H3,(H,19,21). The fourth-order valence-electron chi connectivity index (χ4n) is 2.09. The number of nitrogens with zero attached hydrogens (tertiary/aromatic N) is 2. The number of carbonyl (C=O) groups is 1. The number of aromatic nitrogens is 2. The molecule has 3 aromatic rings. The molecule has 22 heavy (non-hydrogen) atoms. The normalized spacial score (nSPS) is 10.6. The fraction of sp³-hybridized carbons (Fsp3) is 0.125. The molecule has 0 spiro atoms. The summed E-state index contributed by atoms with van der Waals surface area (Å²) in [4.78, 5) is 12.1. The molecule has 2 heterocycles. The summed E-state index contributed by atoms with van der Waals surface area (Å²) in [5.41, 5.74) is 1.08. The Bertz CT molecular complexity index is 807. The summed E-state index contributed by atoms with van der Waals surface area (Å²) in [6, 6.07) is 13.1. The van der Waals surface area contributed by atoms with E-state index in [1.165, 1.54) is 0 Å². The maximum absolute atomic E-state index is 12.1. The van der Waals surface area contributed by atoms with Gasteiger partial charge in [-0.1, -0.05) is 34.1 Å². The SMILES string of the molecule is Cc1ccc(C(=O)Nc2ccnn2Cc2ccccc2Br)o1. The van der Waals surface area contributed by atoms with Gasteiger partial charge in [0, 0.05) is 10.5 Å². The van der Waals surface area contributed by atoms with Crippen molar-refractivity contribution >= 4 is 27.7 Å². The van der Waals surface area contributed by atoms with Crippen LogP contribution >= 0.6 is 15.9 Å². The number of carbonyl (C=O) groups excluding carboxylic acids is 1. The van der Waals surface area contributed by atoms with Gasteiger partial charge in [-0.15, -0.1) is 0 Å². The van der Waals surface area contributed by atoms with Gasteiger partial charge in [0.25, 0.3) is 5.91 Å². The van der Waals surface area contributed by atoms with Crippen LogP contribution in [0.3, 0.4) is 0 Å². The number of furan rings is 1. The molecule has 1 N–H and O–H groups in total. The summed E-state index contributed by atoms with van der Waals surface area (Å²) in [7, 11) is 0. The molecule has 0 bridgehead atoms. The number of rotatable bonds is 4. The van der Waals surface area contributed by atoms with Gasteiger partial charge in [0.2, 0.25) is 0 Å². The number of anilines is 1. The largest absolute Gasteiger partial charge is 0.456 e. The number of nitrogens with one attached hydrogen (secondary N) is 1. The highest BCUT2D eigenvalue weighted by atomic mass is 79.9. The van der Waals surface area contributed by atoms with Crippen LogP contribution in [0.25, 0.3) is 0 Å². The van der Waals surface area contributed by atoms with Crippen molar-refractivity contribution in [2.45, 2.75) is 13.5 Å². The van der Waals surface area contributed by atoms with E-state index in [-0.39, 0.29) is 11.7 Å². The van der Waals surface area contributed by atoms with E-state index < -0.39 is 0 Å². The molecule has 0 saturated heterocycles. The predicted octanol–water partition coefficient (Wildman–Crippen LogP) is 3.85. The van der Waals surface area contributed by atoms with E-state index in [1.807, 2.05) is 24.3 Å². The Morgan fingerprint density at radius 1 is 1.27 bits per heavy atom. The van der Waals surface area contributed by atoms with Crippen molar-refractivity contribution in [1.82, 2.24) is 9.78 Å². The van der Waals surface area contributed by atoms with Gasteiger partial charge in [-0.2, -0.15) is 5.10 Å². The van der Waals surface area contributed by atoms with Gasteiger partial charge in [0.05, 0.1) is 12.7 Å². The molecule has 0 saturated carbocycles. The second-order valence-corrected chi connectivity index (χ2v) is 5.68. The average molecular weight is 360 g/mol. The minimum absolute atomic E-state index is 0.283. The highest BCUT2D eigenvalue weighted by molar-refractivity contribution is 9.10. The highest BCUT2D eigenvalue weighted by Crippen LogP contribution is 2.19. The number of aryl methyl sites for hydroxylation is 1. The van der Waals surface area contributed by atoms with E-state index in [0.29, 0.717) is 18.1 Å². The molecule has 0 radical (unpaired) electrons. The van der Waals surface area contributed by atoms with Crippen LogP contribution in [-0.4, -0.2) is 15.7 Å². The first-order valence-electron chi connectivity index (χ1n) is 6.76. The van der Waals surface area contributed by atoms with Crippen molar-refractivity contribution in [2.75, 3.05) is 5.32 Å². The van der Waals surface area contributed by atoms with Crippen molar-refractivity contribution in [3.8, 4) is 0 Å². The Hall–Kier alpha value is -2.34. The smallest absolute Gasteiger partial charge is 0.292 e. The molecular formula is C16H14BrN3O2. The molecule has 3 rings (SSSR count). The Morgan fingerprint density at radius 2 is 2.09 bits per heavy atom. The Labute approximate surface area is 136 Å². The molecule has 1 amide bonds. The molecule has 0 unspecified atom stereocenters. The summed E-state index contributed by atoms with van der Waals surface area (Å²) in [6.07, 6.45) is 1.65. The van der Waals surface area contributed by atoms with Crippen molar-refractivity contribution in [2.24, 2.45) is 0 Å². The molecular weight excluding hydrogens is 346 g/mol. The lowest BCUT2D eigenvalue weighted by Crippen LogP contribution is -2.15. The zero-order valence-electron chi connectivity index (χ0n) is 11.9. The lowest BCUT2D eigenvalue weighted by atomic mass is 10.2. The van der Waals surface area contributed by atoms with E-state index in [4.69, 9.17) is 4.42 Å². The first kappa shape index (κ1) is 14.6. The van der Waals surface area contributed by atoms with E-state index >= 15 is 0 Å². The van der Waals surface area contributed by atoms with Crippen LogP contribution in [0.4, 0.5) is 5.82 Å². The topological polar surface area (TPSA) is 60.1 Å². The summed E-state index contributed by atoms with van der Waals surface area (Å²) >= 11 is 3.51. The third-order valence-corrected chi connectivity index (χ3v) is 3.97. The lowest BCUT2D eigenvalue weighted by Gasteiger charge is -2.09. The first-order valence-corrected chi connectivity index (χ1v) is 7.56. The third kappa shape index (κ3) is 3.12. The Morgan fingerprint density at radius 3 is 2.82 bits per heavy atom. The van der Waals surface area contributed by atoms with Crippen LogP contribution in [0.1, 0.15) is 21.9 Å². The average Bonchev–Trinajstić information content (AvgIpc) is 3.11. The van der Waals surface area contributed by atoms with Crippen molar-refractivity contribution in [3.63, 3.8) is 0 Å². The molecule has 0 aliphatic rings. The molecule has 0 atom stereocenters. The summed E-state index contributed by atoms with van der Waals surface area (Å²) in [5.74, 6) is 1.31. The van der Waals surface area contributed by atoms with Gasteiger partial charge in [0.15, 0.2) is 5.76 Å². The Balaban J connectivity index is 1.78. The maximum Gasteiger partial charge on any atom is 0.292 e. The molecule has 0 fully saturated rings. The number of halogens is 1. The summed E-state index contributed by atoms with van der Waals surface area (Å²) < 4.78 is 8.06. The van der Waals surface area contributed by atoms with E-state index in [2.05, 4.69) is 26.3 Å². The lowest BCUT2D eigenvalue weighted by molar-refractivity contribution is 0.0994. The van der Waals surface area contributed by atoms with Gasteiger partial charge in [0.1, 0.15) is 11.6 Å². The van der Waals surface area contributed by atoms with Gasteiger partial charge in [-0.25, -0.2) is 4.68 Å². The molecule has 6 heteroatoms. The molecule has 112 valence electrons. The highest BCUT2D eigenvalue weighted by Gasteiger charge is 2.13. The zero-order chi connectivity index (χ0) is 15.5. The van der Waals surface area contributed by atoms with Crippen molar-refractivity contribution in [1.29, 1.82) is 0 Å². The summed E-state index contributed by atoms with van der Waals surface area (Å²) in [5, 5.41) is 7.07. The van der Waals surface area contributed by atoms with Gasteiger partial charge >= 0.3 is 0 Å². The second kappa shape index (κ2) is 6.19. The minimum atomic E-state index is -0.290. The van der Waals surface area contributed by atoms with E-state index in [0.717, 1.165) is 10.0 Å².